The summed E-state index contributed by atoms with van der Waals surface area (Å²) < 4.78 is 0. The van der Waals surface area contributed by atoms with E-state index in [1.807, 2.05) is 30.3 Å². The quantitative estimate of drug-likeness (QED) is 0.486. The molecule has 1 aromatic heterocycles. The predicted octanol–water partition coefficient (Wildman–Crippen LogP) is 4.88. The number of carboxylic acid groups (broad SMARTS) is 1. The Morgan fingerprint density at radius 1 is 1.18 bits per heavy atom. The van der Waals surface area contributed by atoms with Crippen molar-refractivity contribution in [2.45, 2.75) is 32.0 Å². The zero-order valence-electron chi connectivity index (χ0n) is 18.9. The molecular formula is C26H29N3O3S. The Morgan fingerprint density at radius 2 is 1.94 bits per heavy atom. The average molecular weight is 464 g/mol. The lowest BCUT2D eigenvalue weighted by molar-refractivity contribution is 0.0306. The van der Waals surface area contributed by atoms with E-state index < -0.39 is 5.97 Å². The zero-order chi connectivity index (χ0) is 23.5. The maximum Gasteiger partial charge on any atom is 0.355 e. The van der Waals surface area contributed by atoms with Crippen LogP contribution in [-0.2, 0) is 0 Å². The molecule has 0 bridgehead atoms. The Balaban J connectivity index is 1.68. The number of aromatic carboxylic acids is 1. The minimum absolute atomic E-state index is 0.0136. The van der Waals surface area contributed by atoms with Gasteiger partial charge in [0.05, 0.1) is 6.04 Å². The smallest absolute Gasteiger partial charge is 0.355 e. The highest BCUT2D eigenvalue weighted by Gasteiger charge is 2.34. The number of carbonyl (C=O) groups is 1. The number of hydrogen-bond acceptors (Lipinski definition) is 6. The third-order valence-corrected chi connectivity index (χ3v) is 7.13. The van der Waals surface area contributed by atoms with E-state index in [2.05, 4.69) is 53.4 Å². The Kier molecular flexibility index (Phi) is 6.93. The SMILES string of the molecule is C=CCN1C[C@H](C)N([C@H](c2ccc(-c3nc(C(=O)O)cs3)cc2)c2cccc(O)c2)C[C@H]1C. The molecule has 0 amide bonds. The van der Waals surface area contributed by atoms with Gasteiger partial charge in [0, 0.05) is 42.7 Å². The van der Waals surface area contributed by atoms with Gasteiger partial charge in [0.25, 0.3) is 0 Å². The molecule has 2 N–H and O–H groups in total. The van der Waals surface area contributed by atoms with Gasteiger partial charge in [-0.25, -0.2) is 9.78 Å². The van der Waals surface area contributed by atoms with Crippen LogP contribution in [0.25, 0.3) is 10.6 Å². The van der Waals surface area contributed by atoms with Crippen molar-refractivity contribution >= 4 is 17.3 Å². The van der Waals surface area contributed by atoms with Gasteiger partial charge in [0.15, 0.2) is 5.69 Å². The topological polar surface area (TPSA) is 76.9 Å². The number of piperazine rings is 1. The number of phenols is 1. The summed E-state index contributed by atoms with van der Waals surface area (Å²) in [5.41, 5.74) is 3.12. The number of carboxylic acids is 1. The molecule has 1 saturated heterocycles. The number of hydrogen-bond donors (Lipinski definition) is 2. The summed E-state index contributed by atoms with van der Waals surface area (Å²) >= 11 is 1.33. The molecule has 2 heterocycles. The van der Waals surface area contributed by atoms with Gasteiger partial charge in [0.1, 0.15) is 10.8 Å². The van der Waals surface area contributed by atoms with Crippen LogP contribution >= 0.6 is 11.3 Å². The van der Waals surface area contributed by atoms with Crippen molar-refractivity contribution < 1.29 is 15.0 Å². The molecule has 4 rings (SSSR count). The third-order valence-electron chi connectivity index (χ3n) is 6.24. The Bertz CT molecular complexity index is 1130. The first-order valence-electron chi connectivity index (χ1n) is 11.1. The summed E-state index contributed by atoms with van der Waals surface area (Å²) in [5, 5.41) is 21.6. The highest BCUT2D eigenvalue weighted by atomic mass is 32.1. The molecule has 7 heteroatoms. The van der Waals surface area contributed by atoms with Crippen LogP contribution in [0, 0.1) is 0 Å². The summed E-state index contributed by atoms with van der Waals surface area (Å²) in [7, 11) is 0. The summed E-state index contributed by atoms with van der Waals surface area (Å²) in [5.74, 6) is -0.763. The monoisotopic (exact) mass is 463 g/mol. The Hall–Kier alpha value is -3.00. The third kappa shape index (κ3) is 5.00. The normalized spacial score (nSPS) is 20.4. The van der Waals surface area contributed by atoms with Crippen LogP contribution in [0.4, 0.5) is 0 Å². The highest BCUT2D eigenvalue weighted by Crippen LogP contribution is 2.35. The fraction of sp³-hybridized carbons (Fsp3) is 0.308. The first-order chi connectivity index (χ1) is 15.9. The summed E-state index contributed by atoms with van der Waals surface area (Å²) in [6.07, 6.45) is 1.96. The van der Waals surface area contributed by atoms with Gasteiger partial charge in [0.2, 0.25) is 0 Å². The Morgan fingerprint density at radius 3 is 2.58 bits per heavy atom. The van der Waals surface area contributed by atoms with E-state index in [1.54, 1.807) is 11.4 Å². The number of thiazole rings is 1. The van der Waals surface area contributed by atoms with Gasteiger partial charge in [-0.3, -0.25) is 9.80 Å². The minimum atomic E-state index is -1.02. The second-order valence-corrected chi connectivity index (χ2v) is 9.46. The van der Waals surface area contributed by atoms with E-state index >= 15 is 0 Å². The highest BCUT2D eigenvalue weighted by molar-refractivity contribution is 7.13. The number of aromatic nitrogens is 1. The molecule has 0 unspecified atom stereocenters. The zero-order valence-corrected chi connectivity index (χ0v) is 19.7. The molecule has 0 radical (unpaired) electrons. The van der Waals surface area contributed by atoms with Gasteiger partial charge in [-0.2, -0.15) is 0 Å². The van der Waals surface area contributed by atoms with Gasteiger partial charge in [-0.05, 0) is 37.1 Å². The molecule has 3 aromatic rings. The van der Waals surface area contributed by atoms with Crippen molar-refractivity contribution in [1.82, 2.24) is 14.8 Å². The van der Waals surface area contributed by atoms with Gasteiger partial charge in [-0.1, -0.05) is 42.5 Å². The molecule has 1 aliphatic heterocycles. The van der Waals surface area contributed by atoms with E-state index in [0.29, 0.717) is 17.1 Å². The van der Waals surface area contributed by atoms with Crippen molar-refractivity contribution in [2.24, 2.45) is 0 Å². The standard InChI is InChI=1S/C26H29N3O3S/c1-4-12-28-14-18(3)29(15-17(28)2)24(21-6-5-7-22(30)13-21)19-8-10-20(11-9-19)25-27-23(16-33-25)26(31)32/h4-11,13,16-18,24,30H,1,12,14-15H2,2-3H3,(H,31,32)/t17-,18+,24-/m1/s1. The molecule has 6 nitrogen and oxygen atoms in total. The van der Waals surface area contributed by atoms with E-state index in [9.17, 15) is 9.90 Å². The minimum Gasteiger partial charge on any atom is -0.508 e. The molecule has 172 valence electrons. The molecule has 33 heavy (non-hydrogen) atoms. The van der Waals surface area contributed by atoms with Crippen LogP contribution in [0.5, 0.6) is 5.75 Å². The number of rotatable bonds is 7. The van der Waals surface area contributed by atoms with E-state index in [0.717, 1.165) is 36.3 Å². The van der Waals surface area contributed by atoms with Crippen molar-refractivity contribution in [2.75, 3.05) is 19.6 Å². The van der Waals surface area contributed by atoms with Crippen LogP contribution in [0.3, 0.4) is 0 Å². The van der Waals surface area contributed by atoms with Crippen molar-refractivity contribution in [3.8, 4) is 16.3 Å². The lowest BCUT2D eigenvalue weighted by Gasteiger charge is -2.47. The first-order valence-corrected chi connectivity index (χ1v) is 11.9. The first kappa shape index (κ1) is 23.2. The maximum atomic E-state index is 11.2. The summed E-state index contributed by atoms with van der Waals surface area (Å²) in [6.45, 7) is 11.1. The maximum absolute atomic E-state index is 11.2. The van der Waals surface area contributed by atoms with Crippen LogP contribution in [-0.4, -0.2) is 62.7 Å². The fourth-order valence-electron chi connectivity index (χ4n) is 4.59. The molecule has 0 aliphatic carbocycles. The van der Waals surface area contributed by atoms with Crippen molar-refractivity contribution in [1.29, 1.82) is 0 Å². The second kappa shape index (κ2) is 9.87. The Labute approximate surface area is 198 Å². The lowest BCUT2D eigenvalue weighted by Crippen LogP contribution is -2.57. The van der Waals surface area contributed by atoms with Crippen LogP contribution < -0.4 is 0 Å². The summed E-state index contributed by atoms with van der Waals surface area (Å²) in [6, 6.07) is 16.3. The van der Waals surface area contributed by atoms with Gasteiger partial charge >= 0.3 is 5.97 Å². The molecule has 0 saturated carbocycles. The fourth-order valence-corrected chi connectivity index (χ4v) is 5.39. The second-order valence-electron chi connectivity index (χ2n) is 8.60. The number of aromatic hydroxyl groups is 1. The van der Waals surface area contributed by atoms with Gasteiger partial charge in [-0.15, -0.1) is 17.9 Å². The number of phenolic OH excluding ortho intramolecular Hbond substituents is 1. The largest absolute Gasteiger partial charge is 0.508 e. The molecule has 2 aromatic carbocycles. The molecule has 1 aliphatic rings. The summed E-state index contributed by atoms with van der Waals surface area (Å²) in [4.78, 5) is 20.3. The van der Waals surface area contributed by atoms with E-state index in [4.69, 9.17) is 5.11 Å². The molecule has 0 spiro atoms. The van der Waals surface area contributed by atoms with Crippen LogP contribution in [0.2, 0.25) is 0 Å². The lowest BCUT2D eigenvalue weighted by atomic mass is 9.93. The van der Waals surface area contributed by atoms with E-state index in [1.165, 1.54) is 11.3 Å². The van der Waals surface area contributed by atoms with E-state index in [-0.39, 0.29) is 17.5 Å². The molecular weight excluding hydrogens is 434 g/mol. The average Bonchev–Trinajstić information content (AvgIpc) is 3.29. The number of nitrogens with zero attached hydrogens (tertiary/aromatic N) is 3. The predicted molar refractivity (Wildman–Crippen MR) is 132 cm³/mol. The van der Waals surface area contributed by atoms with Crippen LogP contribution in [0.15, 0.2) is 66.6 Å². The van der Waals surface area contributed by atoms with Crippen molar-refractivity contribution in [3.63, 3.8) is 0 Å². The van der Waals surface area contributed by atoms with Gasteiger partial charge < -0.3 is 10.2 Å². The molecule has 1 fully saturated rings. The molecule has 3 atom stereocenters. The van der Waals surface area contributed by atoms with Crippen molar-refractivity contribution in [3.05, 3.63) is 83.4 Å². The van der Waals surface area contributed by atoms with Crippen LogP contribution in [0.1, 0.15) is 41.5 Å². The number of benzene rings is 2.